The predicted octanol–water partition coefficient (Wildman–Crippen LogP) is 6.31. The van der Waals surface area contributed by atoms with E-state index in [2.05, 4.69) is 10.6 Å². The van der Waals surface area contributed by atoms with Crippen LogP contribution in [-0.4, -0.2) is 44.9 Å². The van der Waals surface area contributed by atoms with Crippen LogP contribution in [0.15, 0.2) is 40.8 Å². The van der Waals surface area contributed by atoms with Gasteiger partial charge >= 0.3 is 0 Å². The molecule has 0 fully saturated rings. The summed E-state index contributed by atoms with van der Waals surface area (Å²) < 4.78 is 5.66. The summed E-state index contributed by atoms with van der Waals surface area (Å²) in [5.74, 6) is -2.26. The third-order valence-electron chi connectivity index (χ3n) is 6.55. The van der Waals surface area contributed by atoms with Crippen molar-refractivity contribution < 1.29 is 34.1 Å². The number of aliphatic hydroxyl groups excluding tert-OH is 1. The number of fused-ring (bicyclic) bond motifs is 1. The largest absolute Gasteiger partial charge is 0.504 e. The minimum absolute atomic E-state index is 0. The third kappa shape index (κ3) is 7.96. The molecule has 0 bridgehead atoms. The molecule has 1 amide bonds. The van der Waals surface area contributed by atoms with Gasteiger partial charge in [0.25, 0.3) is 0 Å². The maximum atomic E-state index is 13.4. The lowest BCUT2D eigenvalue weighted by Gasteiger charge is -2.30. The second-order valence-corrected chi connectivity index (χ2v) is 12.9. The number of anilines is 1. The summed E-state index contributed by atoms with van der Waals surface area (Å²) in [5, 5.41) is 39.3. The molecule has 5 N–H and O–H groups in total. The number of carbonyl (C=O) groups excluding carboxylic acids is 3. The van der Waals surface area contributed by atoms with E-state index in [1.165, 1.54) is 0 Å². The molecule has 41 heavy (non-hydrogen) atoms. The molecule has 0 aliphatic carbocycles. The van der Waals surface area contributed by atoms with E-state index < -0.39 is 45.5 Å². The van der Waals surface area contributed by atoms with Gasteiger partial charge in [-0.05, 0) is 26.0 Å². The fourth-order valence-corrected chi connectivity index (χ4v) is 4.38. The normalized spacial score (nSPS) is 13.0. The van der Waals surface area contributed by atoms with Gasteiger partial charge in [-0.25, -0.2) is 0 Å². The van der Waals surface area contributed by atoms with Gasteiger partial charge in [-0.3, -0.25) is 19.7 Å². The Morgan fingerprint density at radius 1 is 0.902 bits per heavy atom. The van der Waals surface area contributed by atoms with Crippen molar-refractivity contribution in [2.24, 2.45) is 10.8 Å². The minimum Gasteiger partial charge on any atom is -0.504 e. The van der Waals surface area contributed by atoms with Gasteiger partial charge in [-0.15, -0.1) is 17.0 Å². The first-order chi connectivity index (χ1) is 18.3. The van der Waals surface area contributed by atoms with Crippen LogP contribution >= 0.6 is 17.0 Å². The maximum Gasteiger partial charge on any atom is 0.228 e. The molecule has 0 radical (unpaired) electrons. The number of furan rings is 1. The highest BCUT2D eigenvalue weighted by molar-refractivity contribution is 8.93. The molecule has 1 atom stereocenters. The van der Waals surface area contributed by atoms with Crippen LogP contribution in [0.1, 0.15) is 94.2 Å². The van der Waals surface area contributed by atoms with Gasteiger partial charge in [0.2, 0.25) is 11.8 Å². The van der Waals surface area contributed by atoms with E-state index in [0.29, 0.717) is 11.5 Å². The standard InChI is InChI=1S/C31H40N2O7.BrH/c1-29(2,3)27(38)18-14-19(34)26(37)25(28(39)30(4,5)6)24(18)20(35)16-32-31(7,8)15-22(36)33-23-13-17-11-9-10-12-21(17)40-23;/h9-14,20,32,34-35,37H,15-16H2,1-8H3,(H,33,36);1H. The first kappa shape index (κ1) is 34.0. The van der Waals surface area contributed by atoms with Crippen LogP contribution in [-0.2, 0) is 4.79 Å². The lowest BCUT2D eigenvalue weighted by Crippen LogP contribution is -2.44. The van der Waals surface area contributed by atoms with Gasteiger partial charge in [-0.1, -0.05) is 59.7 Å². The number of rotatable bonds is 9. The fraction of sp³-hybridized carbons (Fsp3) is 0.452. The number of aliphatic hydroxyl groups is 1. The van der Waals surface area contributed by atoms with Crippen LogP contribution in [0, 0.1) is 10.8 Å². The fourth-order valence-electron chi connectivity index (χ4n) is 4.38. The van der Waals surface area contributed by atoms with E-state index in [1.807, 2.05) is 18.2 Å². The number of ketones is 2. The molecule has 10 heteroatoms. The molecule has 0 saturated heterocycles. The molecule has 1 heterocycles. The molecular formula is C31H41BrN2O7. The molecule has 3 aromatic rings. The molecule has 0 spiro atoms. The molecule has 2 aromatic carbocycles. The summed E-state index contributed by atoms with van der Waals surface area (Å²) >= 11 is 0. The third-order valence-corrected chi connectivity index (χ3v) is 6.55. The van der Waals surface area contributed by atoms with Crippen molar-refractivity contribution >= 4 is 51.3 Å². The first-order valence-electron chi connectivity index (χ1n) is 13.2. The summed E-state index contributed by atoms with van der Waals surface area (Å²) in [6.45, 7) is 13.4. The summed E-state index contributed by atoms with van der Waals surface area (Å²) in [7, 11) is 0. The summed E-state index contributed by atoms with van der Waals surface area (Å²) in [6.07, 6.45) is -1.41. The number of benzene rings is 2. The number of carbonyl (C=O) groups is 3. The highest BCUT2D eigenvalue weighted by Crippen LogP contribution is 2.42. The van der Waals surface area contributed by atoms with E-state index in [9.17, 15) is 29.7 Å². The van der Waals surface area contributed by atoms with Crippen molar-refractivity contribution in [1.82, 2.24) is 5.32 Å². The molecule has 0 aliphatic rings. The number of Topliss-reactive ketones (excluding diaryl/α,β-unsaturated/α-hetero) is 2. The Bertz CT molecular complexity index is 1410. The number of phenolic OH excluding ortho intramolecular Hbond substituents is 2. The molecule has 9 nitrogen and oxygen atoms in total. The Kier molecular flexibility index (Phi) is 10.2. The van der Waals surface area contributed by atoms with Crippen LogP contribution in [0.2, 0.25) is 0 Å². The zero-order valence-electron chi connectivity index (χ0n) is 24.8. The van der Waals surface area contributed by atoms with Gasteiger partial charge in [0.05, 0.1) is 11.7 Å². The molecule has 1 unspecified atom stereocenters. The SMILES string of the molecule is Br.CC(C)(CC(=O)Nc1cc2ccccc2o1)NCC(O)c1c(C(=O)C(C)(C)C)cc(O)c(O)c1C(=O)C(C)(C)C. The van der Waals surface area contributed by atoms with Crippen LogP contribution < -0.4 is 10.6 Å². The molecule has 3 rings (SSSR count). The number of halogens is 1. The van der Waals surface area contributed by atoms with E-state index in [4.69, 9.17) is 4.42 Å². The Hall–Kier alpha value is -3.21. The number of hydrogen-bond acceptors (Lipinski definition) is 8. The number of amides is 1. The van der Waals surface area contributed by atoms with Crippen molar-refractivity contribution in [1.29, 1.82) is 0 Å². The molecule has 0 saturated carbocycles. The van der Waals surface area contributed by atoms with E-state index in [1.54, 1.807) is 67.5 Å². The Morgan fingerprint density at radius 2 is 1.49 bits per heavy atom. The van der Waals surface area contributed by atoms with Gasteiger partial charge in [0, 0.05) is 51.9 Å². The number of hydrogen-bond donors (Lipinski definition) is 5. The van der Waals surface area contributed by atoms with Crippen LogP contribution in [0.4, 0.5) is 5.88 Å². The van der Waals surface area contributed by atoms with Gasteiger partial charge in [0.1, 0.15) is 5.58 Å². The van der Waals surface area contributed by atoms with Crippen LogP contribution in [0.25, 0.3) is 11.0 Å². The van der Waals surface area contributed by atoms with Crippen molar-refractivity contribution in [3.63, 3.8) is 0 Å². The zero-order chi connectivity index (χ0) is 30.2. The summed E-state index contributed by atoms with van der Waals surface area (Å²) in [4.78, 5) is 39.6. The smallest absolute Gasteiger partial charge is 0.228 e. The average Bonchev–Trinajstić information content (AvgIpc) is 3.23. The second-order valence-electron chi connectivity index (χ2n) is 12.9. The van der Waals surface area contributed by atoms with E-state index in [0.717, 1.165) is 11.5 Å². The molecule has 1 aromatic heterocycles. The Morgan fingerprint density at radius 3 is 2.05 bits per heavy atom. The van der Waals surface area contributed by atoms with Crippen molar-refractivity contribution in [2.45, 2.75) is 73.5 Å². The monoisotopic (exact) mass is 632 g/mol. The molecule has 0 aliphatic heterocycles. The van der Waals surface area contributed by atoms with E-state index >= 15 is 0 Å². The minimum atomic E-state index is -1.42. The summed E-state index contributed by atoms with van der Waals surface area (Å²) in [6, 6.07) is 10.2. The lowest BCUT2D eigenvalue weighted by atomic mass is 9.78. The van der Waals surface area contributed by atoms with Crippen molar-refractivity contribution in [3.05, 3.63) is 53.1 Å². The Balaban J connectivity index is 0.00000588. The van der Waals surface area contributed by atoms with Crippen molar-refractivity contribution in [2.75, 3.05) is 11.9 Å². The summed E-state index contributed by atoms with van der Waals surface area (Å²) in [5.41, 5.74) is -2.47. The number of phenols is 2. The van der Waals surface area contributed by atoms with Crippen LogP contribution in [0.3, 0.4) is 0 Å². The number of β-amino-alcohol motifs (C(OH)–C–C–N with tert-alkyl or cyclic N) is 1. The molecule has 224 valence electrons. The Labute approximate surface area is 251 Å². The zero-order valence-corrected chi connectivity index (χ0v) is 26.6. The first-order valence-corrected chi connectivity index (χ1v) is 13.2. The number of nitrogens with one attached hydrogen (secondary N) is 2. The second kappa shape index (κ2) is 12.3. The highest BCUT2D eigenvalue weighted by atomic mass is 79.9. The topological polar surface area (TPSA) is 149 Å². The highest BCUT2D eigenvalue weighted by Gasteiger charge is 2.37. The maximum absolute atomic E-state index is 13.4. The lowest BCUT2D eigenvalue weighted by molar-refractivity contribution is -0.117. The van der Waals surface area contributed by atoms with Gasteiger partial charge in [-0.2, -0.15) is 0 Å². The van der Waals surface area contributed by atoms with Crippen LogP contribution in [0.5, 0.6) is 11.5 Å². The van der Waals surface area contributed by atoms with Gasteiger partial charge in [0.15, 0.2) is 23.1 Å². The average molecular weight is 634 g/mol. The number of para-hydroxylation sites is 1. The predicted molar refractivity (Wildman–Crippen MR) is 164 cm³/mol. The van der Waals surface area contributed by atoms with E-state index in [-0.39, 0.29) is 52.5 Å². The molecular weight excluding hydrogens is 592 g/mol. The number of aromatic hydroxyl groups is 2. The van der Waals surface area contributed by atoms with Crippen molar-refractivity contribution in [3.8, 4) is 11.5 Å². The quantitative estimate of drug-likeness (QED) is 0.136. The van der Waals surface area contributed by atoms with Gasteiger partial charge < -0.3 is 25.1 Å².